The van der Waals surface area contributed by atoms with Crippen LogP contribution in [-0.4, -0.2) is 42.3 Å². The van der Waals surface area contributed by atoms with Crippen LogP contribution in [0.5, 0.6) is 0 Å². The highest BCUT2D eigenvalue weighted by Gasteiger charge is 2.45. The number of hydrogen-bond donors (Lipinski definition) is 1. The lowest BCUT2D eigenvalue weighted by Gasteiger charge is -2.45. The van der Waals surface area contributed by atoms with E-state index in [0.29, 0.717) is 6.61 Å². The molecule has 0 radical (unpaired) electrons. The van der Waals surface area contributed by atoms with Gasteiger partial charge in [-0.1, -0.05) is 36.9 Å². The van der Waals surface area contributed by atoms with E-state index in [9.17, 15) is 5.11 Å². The highest BCUT2D eigenvalue weighted by Crippen LogP contribution is 2.37. The normalized spacial score (nSPS) is 38.7. The number of rotatable bonds is 2. The van der Waals surface area contributed by atoms with Crippen LogP contribution in [0.2, 0.25) is 0 Å². The fourth-order valence-corrected chi connectivity index (χ4v) is 3.69. The first-order valence-electron chi connectivity index (χ1n) is 6.50. The molecule has 5 heteroatoms. The molecule has 19 heavy (non-hydrogen) atoms. The van der Waals surface area contributed by atoms with E-state index in [2.05, 4.69) is 0 Å². The van der Waals surface area contributed by atoms with Crippen LogP contribution in [0.25, 0.3) is 0 Å². The van der Waals surface area contributed by atoms with E-state index in [1.807, 2.05) is 37.3 Å². The highest BCUT2D eigenvalue weighted by molar-refractivity contribution is 7.99. The molecule has 2 heterocycles. The Kier molecular flexibility index (Phi) is 4.10. The third kappa shape index (κ3) is 2.80. The molecule has 2 saturated heterocycles. The van der Waals surface area contributed by atoms with E-state index in [-0.39, 0.29) is 30.4 Å². The summed E-state index contributed by atoms with van der Waals surface area (Å²) in [4.78, 5) is 1.09. The molecule has 0 bridgehead atoms. The summed E-state index contributed by atoms with van der Waals surface area (Å²) in [5, 5.41) is 10.4. The third-order valence-corrected chi connectivity index (χ3v) is 4.80. The van der Waals surface area contributed by atoms with Crippen molar-refractivity contribution in [1.29, 1.82) is 0 Å². The van der Waals surface area contributed by atoms with E-state index < -0.39 is 6.10 Å². The molecule has 1 N–H and O–H groups in total. The molecule has 0 aliphatic carbocycles. The Labute approximate surface area is 117 Å². The number of ether oxygens (including phenoxy) is 3. The first-order valence-corrected chi connectivity index (χ1v) is 7.38. The quantitative estimate of drug-likeness (QED) is 0.897. The van der Waals surface area contributed by atoms with Gasteiger partial charge in [0.05, 0.1) is 18.8 Å². The molecular formula is C14H18O4S. The van der Waals surface area contributed by atoms with Crippen molar-refractivity contribution in [3.05, 3.63) is 30.3 Å². The molecular weight excluding hydrogens is 264 g/mol. The molecule has 3 rings (SSSR count). The van der Waals surface area contributed by atoms with Gasteiger partial charge in [0, 0.05) is 10.8 Å². The minimum Gasteiger partial charge on any atom is -0.389 e. The molecule has 2 unspecified atom stereocenters. The summed E-state index contributed by atoms with van der Waals surface area (Å²) in [6.45, 7) is 2.83. The van der Waals surface area contributed by atoms with Crippen LogP contribution in [-0.2, 0) is 14.2 Å². The molecule has 2 fully saturated rings. The van der Waals surface area contributed by atoms with Gasteiger partial charge in [-0.3, -0.25) is 0 Å². The SMILES string of the molecule is C[C@@H]1C(O)[C@H](Sc2ccccc2)OC2COCO[C@@H]21. The van der Waals surface area contributed by atoms with Gasteiger partial charge in [0.25, 0.3) is 0 Å². The van der Waals surface area contributed by atoms with Crippen molar-refractivity contribution in [2.45, 2.75) is 35.6 Å². The number of benzene rings is 1. The molecule has 104 valence electrons. The molecule has 1 aromatic carbocycles. The predicted octanol–water partition coefficient (Wildman–Crippen LogP) is 1.87. The van der Waals surface area contributed by atoms with Gasteiger partial charge in [-0.25, -0.2) is 0 Å². The zero-order valence-electron chi connectivity index (χ0n) is 10.8. The van der Waals surface area contributed by atoms with Crippen molar-refractivity contribution in [3.8, 4) is 0 Å². The molecule has 0 amide bonds. The van der Waals surface area contributed by atoms with Gasteiger partial charge < -0.3 is 19.3 Å². The summed E-state index contributed by atoms with van der Waals surface area (Å²) < 4.78 is 16.8. The van der Waals surface area contributed by atoms with Crippen LogP contribution in [0.15, 0.2) is 35.2 Å². The van der Waals surface area contributed by atoms with E-state index >= 15 is 0 Å². The smallest absolute Gasteiger partial charge is 0.147 e. The Morgan fingerprint density at radius 2 is 2.05 bits per heavy atom. The first kappa shape index (κ1) is 13.4. The number of thioether (sulfide) groups is 1. The fourth-order valence-electron chi connectivity index (χ4n) is 2.53. The van der Waals surface area contributed by atoms with Crippen LogP contribution >= 0.6 is 11.8 Å². The Morgan fingerprint density at radius 3 is 2.84 bits per heavy atom. The van der Waals surface area contributed by atoms with Crippen molar-refractivity contribution in [2.75, 3.05) is 13.4 Å². The van der Waals surface area contributed by atoms with Gasteiger partial charge in [-0.15, -0.1) is 0 Å². The molecule has 5 atom stereocenters. The maximum Gasteiger partial charge on any atom is 0.147 e. The monoisotopic (exact) mass is 282 g/mol. The lowest BCUT2D eigenvalue weighted by atomic mass is 9.91. The van der Waals surface area contributed by atoms with Crippen LogP contribution in [0.4, 0.5) is 0 Å². The van der Waals surface area contributed by atoms with Gasteiger partial charge in [-0.05, 0) is 12.1 Å². The van der Waals surface area contributed by atoms with Crippen molar-refractivity contribution in [3.63, 3.8) is 0 Å². The summed E-state index contributed by atoms with van der Waals surface area (Å²) in [5.41, 5.74) is -0.274. The van der Waals surface area contributed by atoms with Gasteiger partial charge in [0.15, 0.2) is 0 Å². The first-order chi connectivity index (χ1) is 9.25. The molecule has 0 aromatic heterocycles. The number of fused-ring (bicyclic) bond motifs is 1. The largest absolute Gasteiger partial charge is 0.389 e. The standard InChI is InChI=1S/C14H18O4S/c1-9-12(15)14(19-10-5-3-2-4-6-10)18-11-7-16-8-17-13(9)11/h2-6,9,11-15H,7-8H2,1H3/t9-,11?,12?,13-,14+/m1/s1. The average molecular weight is 282 g/mol. The van der Waals surface area contributed by atoms with Crippen molar-refractivity contribution < 1.29 is 19.3 Å². The molecule has 2 aliphatic rings. The summed E-state index contributed by atoms with van der Waals surface area (Å²) in [6.07, 6.45) is -0.700. The molecule has 0 saturated carbocycles. The summed E-state index contributed by atoms with van der Waals surface area (Å²) >= 11 is 1.55. The fraction of sp³-hybridized carbons (Fsp3) is 0.571. The minimum absolute atomic E-state index is 0.0452. The van der Waals surface area contributed by atoms with Crippen LogP contribution in [0.1, 0.15) is 6.92 Å². The Hall–Kier alpha value is -0.590. The zero-order valence-corrected chi connectivity index (χ0v) is 11.6. The Balaban J connectivity index is 1.71. The third-order valence-electron chi connectivity index (χ3n) is 3.63. The topological polar surface area (TPSA) is 47.9 Å². The van der Waals surface area contributed by atoms with Crippen LogP contribution in [0, 0.1) is 5.92 Å². The Morgan fingerprint density at radius 1 is 1.26 bits per heavy atom. The van der Waals surface area contributed by atoms with E-state index in [1.54, 1.807) is 11.8 Å². The molecule has 4 nitrogen and oxygen atoms in total. The second-order valence-electron chi connectivity index (χ2n) is 4.94. The van der Waals surface area contributed by atoms with E-state index in [0.717, 1.165) is 4.90 Å². The molecule has 1 aromatic rings. The van der Waals surface area contributed by atoms with Crippen molar-refractivity contribution >= 4 is 11.8 Å². The van der Waals surface area contributed by atoms with Crippen LogP contribution in [0.3, 0.4) is 0 Å². The summed E-state index contributed by atoms with van der Waals surface area (Å²) in [5.74, 6) is 0.0452. The van der Waals surface area contributed by atoms with Crippen LogP contribution < -0.4 is 0 Å². The lowest BCUT2D eigenvalue weighted by molar-refractivity contribution is -0.265. The summed E-state index contributed by atoms with van der Waals surface area (Å²) in [6, 6.07) is 9.98. The van der Waals surface area contributed by atoms with Gasteiger partial charge in [-0.2, -0.15) is 0 Å². The highest BCUT2D eigenvalue weighted by atomic mass is 32.2. The maximum atomic E-state index is 10.4. The summed E-state index contributed by atoms with van der Waals surface area (Å²) in [7, 11) is 0. The van der Waals surface area contributed by atoms with Gasteiger partial charge in [0.2, 0.25) is 0 Å². The predicted molar refractivity (Wildman–Crippen MR) is 71.8 cm³/mol. The number of aliphatic hydroxyl groups excluding tert-OH is 1. The van der Waals surface area contributed by atoms with E-state index in [4.69, 9.17) is 14.2 Å². The second kappa shape index (κ2) is 5.81. The minimum atomic E-state index is -0.537. The van der Waals surface area contributed by atoms with Gasteiger partial charge >= 0.3 is 0 Å². The Bertz CT molecular complexity index is 411. The van der Waals surface area contributed by atoms with Crippen molar-refractivity contribution in [1.82, 2.24) is 0 Å². The zero-order chi connectivity index (χ0) is 13.2. The number of hydrogen-bond acceptors (Lipinski definition) is 5. The van der Waals surface area contributed by atoms with Crippen molar-refractivity contribution in [2.24, 2.45) is 5.92 Å². The number of aliphatic hydroxyl groups is 1. The lowest BCUT2D eigenvalue weighted by Crippen LogP contribution is -2.56. The average Bonchev–Trinajstić information content (AvgIpc) is 2.46. The second-order valence-corrected chi connectivity index (χ2v) is 6.12. The van der Waals surface area contributed by atoms with Gasteiger partial charge in [0.1, 0.15) is 18.3 Å². The van der Waals surface area contributed by atoms with E-state index in [1.165, 1.54) is 0 Å². The molecule has 2 aliphatic heterocycles. The molecule has 0 spiro atoms. The maximum absolute atomic E-state index is 10.4.